The molecule has 3 nitrogen and oxygen atoms in total. The minimum Gasteiger partial charge on any atom is -0.370 e. The minimum atomic E-state index is -0.265. The largest absolute Gasteiger partial charge is 0.370 e. The van der Waals surface area contributed by atoms with Gasteiger partial charge in [0.2, 0.25) is 5.91 Å². The van der Waals surface area contributed by atoms with Gasteiger partial charge in [0.25, 0.3) is 0 Å². The van der Waals surface area contributed by atoms with Crippen molar-refractivity contribution < 1.29 is 13.9 Å². The van der Waals surface area contributed by atoms with E-state index in [2.05, 4.69) is 19.1 Å². The quantitative estimate of drug-likeness (QED) is 0.852. The van der Waals surface area contributed by atoms with Crippen LogP contribution >= 0.6 is 0 Å². The van der Waals surface area contributed by atoms with Crippen molar-refractivity contribution in [2.75, 3.05) is 19.7 Å². The van der Waals surface area contributed by atoms with Crippen LogP contribution in [-0.4, -0.2) is 30.5 Å². The Kier molecular flexibility index (Phi) is 5.26. The van der Waals surface area contributed by atoms with Crippen molar-refractivity contribution in [3.05, 3.63) is 71.5 Å². The molecule has 0 saturated carbocycles. The van der Waals surface area contributed by atoms with E-state index >= 15 is 0 Å². The number of rotatable bonds is 4. The number of hydrogen-bond donors (Lipinski definition) is 0. The highest BCUT2D eigenvalue weighted by Gasteiger charge is 2.26. The van der Waals surface area contributed by atoms with Crippen molar-refractivity contribution in [3.8, 4) is 0 Å². The SMILES string of the molecule is CC(CC(=O)N1CCOC(c2ccc(F)cc2)C1)c1ccccc1. The van der Waals surface area contributed by atoms with E-state index in [0.717, 1.165) is 5.56 Å². The Hall–Kier alpha value is -2.20. The molecule has 126 valence electrons. The molecule has 4 heteroatoms. The first-order valence-electron chi connectivity index (χ1n) is 8.33. The van der Waals surface area contributed by atoms with Crippen LogP contribution < -0.4 is 0 Å². The third-order valence-corrected chi connectivity index (χ3v) is 4.51. The summed E-state index contributed by atoms with van der Waals surface area (Å²) in [6.45, 7) is 3.71. The van der Waals surface area contributed by atoms with Crippen LogP contribution in [0.2, 0.25) is 0 Å². The summed E-state index contributed by atoms with van der Waals surface area (Å²) < 4.78 is 18.8. The number of benzene rings is 2. The molecule has 0 aliphatic carbocycles. The second kappa shape index (κ2) is 7.58. The van der Waals surface area contributed by atoms with E-state index in [-0.39, 0.29) is 23.7 Å². The number of nitrogens with zero attached hydrogens (tertiary/aromatic N) is 1. The fourth-order valence-corrected chi connectivity index (χ4v) is 3.05. The summed E-state index contributed by atoms with van der Waals surface area (Å²) in [7, 11) is 0. The average molecular weight is 327 g/mol. The fourth-order valence-electron chi connectivity index (χ4n) is 3.05. The first-order valence-corrected chi connectivity index (χ1v) is 8.33. The Bertz CT molecular complexity index is 672. The summed E-state index contributed by atoms with van der Waals surface area (Å²) in [6.07, 6.45) is 0.301. The van der Waals surface area contributed by atoms with Crippen molar-refractivity contribution in [2.24, 2.45) is 0 Å². The molecule has 2 aromatic carbocycles. The summed E-state index contributed by atoms with van der Waals surface area (Å²) in [4.78, 5) is 14.5. The molecular weight excluding hydrogens is 305 g/mol. The van der Waals surface area contributed by atoms with E-state index in [9.17, 15) is 9.18 Å². The van der Waals surface area contributed by atoms with Crippen LogP contribution in [0.4, 0.5) is 4.39 Å². The van der Waals surface area contributed by atoms with Crippen molar-refractivity contribution >= 4 is 5.91 Å². The lowest BCUT2D eigenvalue weighted by atomic mass is 9.97. The lowest BCUT2D eigenvalue weighted by molar-refractivity contribution is -0.139. The first kappa shape index (κ1) is 16.7. The molecule has 2 unspecified atom stereocenters. The first-order chi connectivity index (χ1) is 11.6. The lowest BCUT2D eigenvalue weighted by Crippen LogP contribution is -2.42. The van der Waals surface area contributed by atoms with Gasteiger partial charge in [-0.3, -0.25) is 4.79 Å². The maximum Gasteiger partial charge on any atom is 0.223 e. The monoisotopic (exact) mass is 327 g/mol. The van der Waals surface area contributed by atoms with Gasteiger partial charge in [-0.1, -0.05) is 49.4 Å². The Morgan fingerprint density at radius 3 is 2.62 bits per heavy atom. The average Bonchev–Trinajstić information content (AvgIpc) is 2.63. The number of morpholine rings is 1. The molecule has 0 aromatic heterocycles. The van der Waals surface area contributed by atoms with Crippen LogP contribution in [0.1, 0.15) is 36.5 Å². The zero-order chi connectivity index (χ0) is 16.9. The molecule has 1 amide bonds. The Balaban J connectivity index is 1.61. The molecule has 0 N–H and O–H groups in total. The van der Waals surface area contributed by atoms with Gasteiger partial charge in [0.05, 0.1) is 13.2 Å². The smallest absolute Gasteiger partial charge is 0.223 e. The third kappa shape index (κ3) is 4.01. The molecule has 24 heavy (non-hydrogen) atoms. The lowest BCUT2D eigenvalue weighted by Gasteiger charge is -2.34. The summed E-state index contributed by atoms with van der Waals surface area (Å²) in [5, 5.41) is 0. The van der Waals surface area contributed by atoms with Crippen LogP contribution in [0.15, 0.2) is 54.6 Å². The Labute approximate surface area is 142 Å². The van der Waals surface area contributed by atoms with Gasteiger partial charge in [0, 0.05) is 13.0 Å². The Morgan fingerprint density at radius 2 is 1.92 bits per heavy atom. The summed E-state index contributed by atoms with van der Waals surface area (Å²) in [5.74, 6) is 0.0618. The van der Waals surface area contributed by atoms with Crippen LogP contribution in [0.25, 0.3) is 0 Å². The molecule has 1 fully saturated rings. The maximum atomic E-state index is 13.1. The number of ether oxygens (including phenoxy) is 1. The predicted octanol–water partition coefficient (Wildman–Crippen LogP) is 3.92. The van der Waals surface area contributed by atoms with Crippen molar-refractivity contribution in [1.29, 1.82) is 0 Å². The second-order valence-electron chi connectivity index (χ2n) is 6.27. The molecule has 0 spiro atoms. The fraction of sp³-hybridized carbons (Fsp3) is 0.350. The van der Waals surface area contributed by atoms with E-state index in [0.29, 0.717) is 26.1 Å². The molecule has 1 saturated heterocycles. The number of carbonyl (C=O) groups excluding carboxylic acids is 1. The van der Waals surface area contributed by atoms with Gasteiger partial charge in [-0.15, -0.1) is 0 Å². The van der Waals surface area contributed by atoms with E-state index < -0.39 is 0 Å². The number of amides is 1. The van der Waals surface area contributed by atoms with Gasteiger partial charge in [-0.2, -0.15) is 0 Å². The molecule has 0 radical (unpaired) electrons. The third-order valence-electron chi connectivity index (χ3n) is 4.51. The van der Waals surface area contributed by atoms with Gasteiger partial charge in [0.1, 0.15) is 11.9 Å². The van der Waals surface area contributed by atoms with E-state index in [4.69, 9.17) is 4.74 Å². The van der Waals surface area contributed by atoms with Gasteiger partial charge >= 0.3 is 0 Å². The van der Waals surface area contributed by atoms with Crippen LogP contribution in [0, 0.1) is 5.82 Å². The highest BCUT2D eigenvalue weighted by atomic mass is 19.1. The minimum absolute atomic E-state index is 0.141. The normalized spacial score (nSPS) is 19.1. The van der Waals surface area contributed by atoms with E-state index in [1.54, 1.807) is 12.1 Å². The molecule has 3 rings (SSSR count). The predicted molar refractivity (Wildman–Crippen MR) is 91.1 cm³/mol. The maximum absolute atomic E-state index is 13.1. The standard InChI is InChI=1S/C20H22FNO2/c1-15(16-5-3-2-4-6-16)13-20(23)22-11-12-24-19(14-22)17-7-9-18(21)10-8-17/h2-10,15,19H,11-14H2,1H3. The molecule has 2 atom stereocenters. The van der Waals surface area contributed by atoms with Gasteiger partial charge in [0.15, 0.2) is 0 Å². The van der Waals surface area contributed by atoms with E-state index in [1.165, 1.54) is 17.7 Å². The zero-order valence-electron chi connectivity index (χ0n) is 13.8. The molecule has 0 bridgehead atoms. The zero-order valence-corrected chi connectivity index (χ0v) is 13.8. The van der Waals surface area contributed by atoms with Crippen LogP contribution in [0.5, 0.6) is 0 Å². The van der Waals surface area contributed by atoms with E-state index in [1.807, 2.05) is 23.1 Å². The van der Waals surface area contributed by atoms with Crippen LogP contribution in [0.3, 0.4) is 0 Å². The molecule has 1 heterocycles. The van der Waals surface area contributed by atoms with Gasteiger partial charge in [-0.05, 0) is 29.2 Å². The number of carbonyl (C=O) groups is 1. The van der Waals surface area contributed by atoms with Gasteiger partial charge < -0.3 is 9.64 Å². The molecule has 2 aromatic rings. The highest BCUT2D eigenvalue weighted by Crippen LogP contribution is 2.25. The summed E-state index contributed by atoms with van der Waals surface area (Å²) >= 11 is 0. The van der Waals surface area contributed by atoms with Crippen molar-refractivity contribution in [2.45, 2.75) is 25.4 Å². The molecule has 1 aliphatic rings. The topological polar surface area (TPSA) is 29.5 Å². The van der Waals surface area contributed by atoms with Gasteiger partial charge in [-0.25, -0.2) is 4.39 Å². The summed E-state index contributed by atoms with van der Waals surface area (Å²) in [6, 6.07) is 16.4. The number of hydrogen-bond acceptors (Lipinski definition) is 2. The second-order valence-corrected chi connectivity index (χ2v) is 6.27. The van der Waals surface area contributed by atoms with Crippen molar-refractivity contribution in [3.63, 3.8) is 0 Å². The van der Waals surface area contributed by atoms with Crippen LogP contribution in [-0.2, 0) is 9.53 Å². The highest BCUT2D eigenvalue weighted by molar-refractivity contribution is 5.77. The molecule has 1 aliphatic heterocycles. The van der Waals surface area contributed by atoms with Crippen molar-refractivity contribution in [1.82, 2.24) is 4.90 Å². The summed E-state index contributed by atoms with van der Waals surface area (Å²) in [5.41, 5.74) is 2.08. The Morgan fingerprint density at radius 1 is 1.21 bits per heavy atom. The molecular formula is C20H22FNO2. The number of halogens is 1.